The molecule has 1 aliphatic rings. The minimum Gasteiger partial charge on any atom is -0.394 e. The average molecular weight is 278 g/mol. The van der Waals surface area contributed by atoms with Crippen molar-refractivity contribution in [2.45, 2.75) is 43.3 Å². The van der Waals surface area contributed by atoms with Gasteiger partial charge in [0.2, 0.25) is 11.6 Å². The number of aliphatic hydroxyl groups is 5. The molecule has 5 atom stereocenters. The first-order valence-corrected chi connectivity index (χ1v) is 5.98. The number of carbonyl (C=O) groups excluding carboxylic acids is 2. The maximum atomic E-state index is 11.8. The van der Waals surface area contributed by atoms with Gasteiger partial charge in [0.05, 0.1) is 12.6 Å². The molecule has 8 heteroatoms. The highest BCUT2D eigenvalue weighted by molar-refractivity contribution is 6.40. The lowest BCUT2D eigenvalue weighted by molar-refractivity contribution is -0.154. The highest BCUT2D eigenvalue weighted by Gasteiger charge is 2.39. The summed E-state index contributed by atoms with van der Waals surface area (Å²) >= 11 is 0. The van der Waals surface area contributed by atoms with Crippen LogP contribution in [0.1, 0.15) is 12.8 Å². The van der Waals surface area contributed by atoms with Crippen LogP contribution < -0.4 is 5.31 Å². The molecule has 19 heavy (non-hydrogen) atoms. The lowest BCUT2D eigenvalue weighted by atomic mass is 9.95. The Morgan fingerprint density at radius 3 is 2.37 bits per heavy atom. The van der Waals surface area contributed by atoms with Crippen molar-refractivity contribution in [2.24, 2.45) is 0 Å². The molecule has 1 rings (SSSR count). The number of hydrogen-bond acceptors (Lipinski definition) is 8. The first-order chi connectivity index (χ1) is 9.31. The molecule has 1 saturated heterocycles. The van der Waals surface area contributed by atoms with E-state index in [0.717, 1.165) is 5.31 Å². The molecule has 0 saturated carbocycles. The highest BCUT2D eigenvalue weighted by atomic mass is 16.4. The first-order valence-electron chi connectivity index (χ1n) is 6.42. The largest absolute Gasteiger partial charge is 0.394 e. The topological polar surface area (TPSA) is 147 Å². The quantitative estimate of drug-likeness (QED) is 0.261. The Morgan fingerprint density at radius 2 is 1.89 bits per heavy atom. The van der Waals surface area contributed by atoms with Crippen LogP contribution in [0.2, 0.25) is 1.41 Å². The van der Waals surface area contributed by atoms with Crippen LogP contribution in [0.4, 0.5) is 0 Å². The fourth-order valence-electron chi connectivity index (χ4n) is 1.82. The highest BCUT2D eigenvalue weighted by Crippen LogP contribution is 2.11. The molecular formula is C11H19NO7. The van der Waals surface area contributed by atoms with Gasteiger partial charge in [0.15, 0.2) is 0 Å². The zero-order valence-electron chi connectivity index (χ0n) is 11.2. The van der Waals surface area contributed by atoms with E-state index in [2.05, 4.69) is 0 Å². The van der Waals surface area contributed by atoms with Crippen molar-refractivity contribution in [3.8, 4) is 0 Å². The second-order valence-corrected chi connectivity index (χ2v) is 4.47. The molecule has 1 aliphatic heterocycles. The summed E-state index contributed by atoms with van der Waals surface area (Å²) in [6.07, 6.45) is -7.16. The minimum atomic E-state index is -2.22. The summed E-state index contributed by atoms with van der Waals surface area (Å²) in [6.45, 7) is -0.551. The van der Waals surface area contributed by atoms with E-state index in [-0.39, 0.29) is 0 Å². The van der Waals surface area contributed by atoms with Gasteiger partial charge in [0, 0.05) is 0 Å². The monoisotopic (exact) mass is 278 g/mol. The molecule has 0 aromatic carbocycles. The zero-order valence-corrected chi connectivity index (χ0v) is 10.2. The molecule has 6 N–H and O–H groups in total. The van der Waals surface area contributed by atoms with Crippen LogP contribution in [0, 0.1) is 0 Å². The summed E-state index contributed by atoms with van der Waals surface area (Å²) in [4.78, 5) is 23.5. The van der Waals surface area contributed by atoms with Gasteiger partial charge >= 0.3 is 0 Å². The maximum absolute atomic E-state index is 11.8. The fourth-order valence-corrected chi connectivity index (χ4v) is 1.82. The molecule has 0 unspecified atom stereocenters. The van der Waals surface area contributed by atoms with Gasteiger partial charge < -0.3 is 30.8 Å². The summed E-state index contributed by atoms with van der Waals surface area (Å²) in [7, 11) is 0. The van der Waals surface area contributed by atoms with Crippen LogP contribution in [0.5, 0.6) is 0 Å². The van der Waals surface area contributed by atoms with E-state index in [4.69, 9.17) is 11.6 Å². The molecular weight excluding hydrogens is 258 g/mol. The summed E-state index contributed by atoms with van der Waals surface area (Å²) in [5.74, 6) is -2.35. The maximum Gasteiger partial charge on any atom is 0.231 e. The van der Waals surface area contributed by atoms with Crippen molar-refractivity contribution in [1.29, 1.82) is 0 Å². The molecule has 0 aromatic rings. The van der Waals surface area contributed by atoms with E-state index in [9.17, 15) is 24.9 Å². The van der Waals surface area contributed by atoms with Crippen molar-refractivity contribution in [2.75, 3.05) is 13.2 Å². The summed E-state index contributed by atoms with van der Waals surface area (Å²) < 4.78 is 7.44. The van der Waals surface area contributed by atoms with Gasteiger partial charge in [-0.05, 0) is 19.4 Å². The van der Waals surface area contributed by atoms with Gasteiger partial charge in [0.1, 0.15) is 25.8 Å². The molecule has 0 radical (unpaired) electrons. The SMILES string of the molecule is [2H]N1CCC[C@H]1C(=O)C(=O)[C@@H](O)[C@@H](O)[C@H](O)[C@H](O)CO. The third-order valence-electron chi connectivity index (χ3n) is 3.05. The molecule has 0 aliphatic carbocycles. The van der Waals surface area contributed by atoms with Gasteiger partial charge in [-0.3, -0.25) is 9.59 Å². The third kappa shape index (κ3) is 3.78. The van der Waals surface area contributed by atoms with Crippen LogP contribution in [-0.2, 0) is 9.59 Å². The Morgan fingerprint density at radius 1 is 1.26 bits per heavy atom. The van der Waals surface area contributed by atoms with E-state index in [1.54, 1.807) is 0 Å². The molecule has 0 spiro atoms. The van der Waals surface area contributed by atoms with Crippen molar-refractivity contribution in [3.05, 3.63) is 0 Å². The van der Waals surface area contributed by atoms with Crippen molar-refractivity contribution >= 4 is 11.6 Å². The summed E-state index contributed by atoms with van der Waals surface area (Å²) in [5.41, 5.74) is 0. The third-order valence-corrected chi connectivity index (χ3v) is 3.05. The van der Waals surface area contributed by atoms with Crippen molar-refractivity contribution in [1.82, 2.24) is 5.31 Å². The van der Waals surface area contributed by atoms with E-state index < -0.39 is 48.6 Å². The van der Waals surface area contributed by atoms with Crippen LogP contribution in [0.25, 0.3) is 0 Å². The minimum absolute atomic E-state index is 0.304. The van der Waals surface area contributed by atoms with Gasteiger partial charge in [-0.15, -0.1) is 0 Å². The number of rotatable bonds is 7. The zero-order chi connectivity index (χ0) is 15.4. The van der Waals surface area contributed by atoms with E-state index in [1.165, 1.54) is 0 Å². The van der Waals surface area contributed by atoms with E-state index >= 15 is 0 Å². The Bertz CT molecular complexity index is 367. The van der Waals surface area contributed by atoms with Crippen LogP contribution >= 0.6 is 0 Å². The normalized spacial score (nSPS) is 27.4. The number of aliphatic hydroxyl groups excluding tert-OH is 5. The molecule has 8 nitrogen and oxygen atoms in total. The predicted octanol–water partition coefficient (Wildman–Crippen LogP) is -3.69. The number of carbonyl (C=O) groups is 2. The molecule has 0 amide bonds. The molecule has 110 valence electrons. The number of ketones is 2. The molecule has 1 heterocycles. The van der Waals surface area contributed by atoms with Gasteiger partial charge in [-0.25, -0.2) is 0 Å². The molecule has 0 aromatic heterocycles. The Kier molecular flexibility index (Phi) is 5.37. The fraction of sp³-hybridized carbons (Fsp3) is 0.818. The van der Waals surface area contributed by atoms with Gasteiger partial charge in [0.25, 0.3) is 0 Å². The number of nitrogens with one attached hydrogen (secondary N) is 1. The van der Waals surface area contributed by atoms with Crippen molar-refractivity contribution < 1.29 is 36.5 Å². The number of hydrogen-bond donors (Lipinski definition) is 6. The second kappa shape index (κ2) is 7.04. The van der Waals surface area contributed by atoms with Crippen LogP contribution in [0.15, 0.2) is 0 Å². The second-order valence-electron chi connectivity index (χ2n) is 4.47. The molecule has 1 fully saturated rings. The predicted molar refractivity (Wildman–Crippen MR) is 62.2 cm³/mol. The lowest BCUT2D eigenvalue weighted by Gasteiger charge is -2.24. The van der Waals surface area contributed by atoms with E-state index in [0.29, 0.717) is 19.4 Å². The average Bonchev–Trinajstić information content (AvgIpc) is 2.88. The molecule has 0 bridgehead atoms. The van der Waals surface area contributed by atoms with Crippen LogP contribution in [-0.4, -0.2) is 80.7 Å². The van der Waals surface area contributed by atoms with Gasteiger partial charge in [-0.1, -0.05) is 0 Å². The standard InChI is InChI=1S/C11H19NO7/c13-4-6(14)8(16)10(18)11(19)9(17)7(15)5-2-1-3-12-5/h5-6,8,10-14,16,18-19H,1-4H2/t5-,6+,8+,10-,11+/m0/s1/i/hD. The Balaban J connectivity index is 2.68. The van der Waals surface area contributed by atoms with Crippen molar-refractivity contribution in [3.63, 3.8) is 0 Å². The van der Waals surface area contributed by atoms with Gasteiger partial charge in [-0.2, -0.15) is 0 Å². The van der Waals surface area contributed by atoms with Crippen LogP contribution in [0.3, 0.4) is 0 Å². The Hall–Kier alpha value is -0.900. The first kappa shape index (κ1) is 14.5. The van der Waals surface area contributed by atoms with E-state index in [1.807, 2.05) is 0 Å². The summed E-state index contributed by atoms with van der Waals surface area (Å²) in [5, 5.41) is 47.1. The smallest absolute Gasteiger partial charge is 0.231 e. The Labute approximate surface area is 111 Å². The lowest BCUT2D eigenvalue weighted by Crippen LogP contribution is -2.52. The summed E-state index contributed by atoms with van der Waals surface area (Å²) in [6, 6.07) is -0.968. The number of Topliss-reactive ketones (excluding diaryl/α,β-unsaturated/α-hetero) is 2.